The molecule has 98 valence electrons. The quantitative estimate of drug-likeness (QED) is 0.647. The van der Waals surface area contributed by atoms with Crippen molar-refractivity contribution in [2.24, 2.45) is 0 Å². The molecular weight excluding hydrogens is 234 g/mol. The third-order valence-corrected chi connectivity index (χ3v) is 2.59. The Labute approximate surface area is 106 Å². The van der Waals surface area contributed by atoms with Crippen LogP contribution >= 0.6 is 0 Å². The maximum atomic E-state index is 11.8. The van der Waals surface area contributed by atoms with E-state index in [1.807, 2.05) is 0 Å². The van der Waals surface area contributed by atoms with Crippen LogP contribution in [0, 0.1) is 0 Å². The zero-order valence-corrected chi connectivity index (χ0v) is 10.7. The normalized spacial score (nSPS) is 13.5. The summed E-state index contributed by atoms with van der Waals surface area (Å²) in [7, 11) is 1.24. The molecule has 0 amide bonds. The molecule has 5 heteroatoms. The van der Waals surface area contributed by atoms with Crippen molar-refractivity contribution < 1.29 is 19.1 Å². The number of methoxy groups -OCH3 is 1. The molecule has 0 bridgehead atoms. The van der Waals surface area contributed by atoms with Gasteiger partial charge in [0.25, 0.3) is 0 Å². The predicted octanol–water partition coefficient (Wildman–Crippen LogP) is 1.48. The highest BCUT2D eigenvalue weighted by atomic mass is 16.6. The van der Waals surface area contributed by atoms with E-state index in [-0.39, 0.29) is 0 Å². The van der Waals surface area contributed by atoms with E-state index in [9.17, 15) is 9.59 Å². The SMILES string of the molecule is COC(=O)C(C)OC(=O)C(C)c1cccc(N)c1. The van der Waals surface area contributed by atoms with Crippen LogP contribution in [-0.4, -0.2) is 25.2 Å². The summed E-state index contributed by atoms with van der Waals surface area (Å²) in [6, 6.07) is 6.98. The summed E-state index contributed by atoms with van der Waals surface area (Å²) in [4.78, 5) is 23.0. The van der Waals surface area contributed by atoms with Crippen molar-refractivity contribution in [3.8, 4) is 0 Å². The Morgan fingerprint density at radius 2 is 1.89 bits per heavy atom. The summed E-state index contributed by atoms with van der Waals surface area (Å²) < 4.78 is 9.49. The fourth-order valence-corrected chi connectivity index (χ4v) is 1.45. The van der Waals surface area contributed by atoms with Crippen LogP contribution in [-0.2, 0) is 19.1 Å². The highest BCUT2D eigenvalue weighted by molar-refractivity contribution is 5.82. The van der Waals surface area contributed by atoms with Crippen LogP contribution in [0.1, 0.15) is 25.3 Å². The summed E-state index contributed by atoms with van der Waals surface area (Å²) in [6.45, 7) is 3.16. The average Bonchev–Trinajstić information content (AvgIpc) is 2.36. The van der Waals surface area contributed by atoms with Crippen molar-refractivity contribution in [3.63, 3.8) is 0 Å². The van der Waals surface area contributed by atoms with Crippen LogP contribution < -0.4 is 5.73 Å². The molecule has 2 N–H and O–H groups in total. The van der Waals surface area contributed by atoms with Gasteiger partial charge in [-0.3, -0.25) is 4.79 Å². The number of nitrogens with two attached hydrogens (primary N) is 1. The van der Waals surface area contributed by atoms with Gasteiger partial charge in [0.05, 0.1) is 13.0 Å². The van der Waals surface area contributed by atoms with Gasteiger partial charge >= 0.3 is 11.9 Å². The molecule has 2 atom stereocenters. The molecule has 0 aromatic heterocycles. The molecule has 0 saturated carbocycles. The molecule has 0 radical (unpaired) electrons. The molecule has 18 heavy (non-hydrogen) atoms. The summed E-state index contributed by atoms with van der Waals surface area (Å²) >= 11 is 0. The monoisotopic (exact) mass is 251 g/mol. The highest BCUT2D eigenvalue weighted by Gasteiger charge is 2.23. The van der Waals surface area contributed by atoms with Gasteiger partial charge in [0.2, 0.25) is 0 Å². The molecule has 0 fully saturated rings. The molecule has 2 unspecified atom stereocenters. The molecule has 0 saturated heterocycles. The molecule has 0 aliphatic rings. The number of nitrogen functional groups attached to an aromatic ring is 1. The molecule has 0 heterocycles. The molecule has 0 spiro atoms. The van der Waals surface area contributed by atoms with Crippen molar-refractivity contribution in [1.82, 2.24) is 0 Å². The second-order valence-corrected chi connectivity index (χ2v) is 3.99. The molecule has 1 rings (SSSR count). The Balaban J connectivity index is 2.70. The summed E-state index contributed by atoms with van der Waals surface area (Å²) in [5.41, 5.74) is 6.97. The number of carbonyl (C=O) groups is 2. The van der Waals surface area contributed by atoms with E-state index in [0.717, 1.165) is 5.56 Å². The number of hydrogen-bond acceptors (Lipinski definition) is 5. The molecule has 1 aromatic carbocycles. The maximum Gasteiger partial charge on any atom is 0.346 e. The van der Waals surface area contributed by atoms with Crippen molar-refractivity contribution in [2.45, 2.75) is 25.9 Å². The van der Waals surface area contributed by atoms with Gasteiger partial charge in [0.15, 0.2) is 6.10 Å². The highest BCUT2D eigenvalue weighted by Crippen LogP contribution is 2.19. The van der Waals surface area contributed by atoms with E-state index >= 15 is 0 Å². The first-order chi connectivity index (χ1) is 8.45. The minimum atomic E-state index is -0.911. The molecule has 1 aromatic rings. The lowest BCUT2D eigenvalue weighted by Crippen LogP contribution is -2.27. The number of ether oxygens (including phenoxy) is 2. The smallest absolute Gasteiger partial charge is 0.346 e. The van der Waals surface area contributed by atoms with Crippen molar-refractivity contribution >= 4 is 17.6 Å². The predicted molar refractivity (Wildman–Crippen MR) is 66.8 cm³/mol. The first kappa shape index (κ1) is 14.0. The number of anilines is 1. The number of rotatable bonds is 4. The topological polar surface area (TPSA) is 78.6 Å². The van der Waals surface area contributed by atoms with Crippen LogP contribution in [0.15, 0.2) is 24.3 Å². The Hall–Kier alpha value is -2.04. The molecule has 0 aliphatic heterocycles. The zero-order valence-electron chi connectivity index (χ0n) is 10.7. The Bertz CT molecular complexity index is 444. The maximum absolute atomic E-state index is 11.8. The van der Waals surface area contributed by atoms with Gasteiger partial charge < -0.3 is 15.2 Å². The first-order valence-corrected chi connectivity index (χ1v) is 5.59. The van der Waals surface area contributed by atoms with Gasteiger partial charge in [0.1, 0.15) is 0 Å². The van der Waals surface area contributed by atoms with Crippen LogP contribution in [0.5, 0.6) is 0 Å². The first-order valence-electron chi connectivity index (χ1n) is 5.59. The standard InChI is InChI=1S/C13H17NO4/c1-8(10-5-4-6-11(14)7-10)12(15)18-9(2)13(16)17-3/h4-9H,14H2,1-3H3. The minimum Gasteiger partial charge on any atom is -0.466 e. The number of hydrogen-bond donors (Lipinski definition) is 1. The molecule has 5 nitrogen and oxygen atoms in total. The Kier molecular flexibility index (Phi) is 4.71. The van der Waals surface area contributed by atoms with E-state index in [1.165, 1.54) is 14.0 Å². The van der Waals surface area contributed by atoms with E-state index in [2.05, 4.69) is 4.74 Å². The fraction of sp³-hybridized carbons (Fsp3) is 0.385. The molecular formula is C13H17NO4. The lowest BCUT2D eigenvalue weighted by atomic mass is 10.0. The third kappa shape index (κ3) is 3.48. The van der Waals surface area contributed by atoms with E-state index in [4.69, 9.17) is 10.5 Å². The van der Waals surface area contributed by atoms with Gasteiger partial charge in [0, 0.05) is 5.69 Å². The fourth-order valence-electron chi connectivity index (χ4n) is 1.45. The Morgan fingerprint density at radius 3 is 2.44 bits per heavy atom. The van der Waals surface area contributed by atoms with Crippen molar-refractivity contribution in [1.29, 1.82) is 0 Å². The van der Waals surface area contributed by atoms with E-state index < -0.39 is 24.0 Å². The van der Waals surface area contributed by atoms with Crippen LogP contribution in [0.3, 0.4) is 0 Å². The van der Waals surface area contributed by atoms with Gasteiger partial charge in [-0.05, 0) is 31.5 Å². The number of benzene rings is 1. The number of esters is 2. The van der Waals surface area contributed by atoms with Gasteiger partial charge in [-0.25, -0.2) is 4.79 Å². The third-order valence-electron chi connectivity index (χ3n) is 2.59. The summed E-state index contributed by atoms with van der Waals surface area (Å²) in [6.07, 6.45) is -0.911. The minimum absolute atomic E-state index is 0.486. The van der Waals surface area contributed by atoms with Crippen molar-refractivity contribution in [2.75, 3.05) is 12.8 Å². The lowest BCUT2D eigenvalue weighted by molar-refractivity contribution is -0.165. The van der Waals surface area contributed by atoms with E-state index in [0.29, 0.717) is 5.69 Å². The van der Waals surface area contributed by atoms with Gasteiger partial charge in [-0.15, -0.1) is 0 Å². The van der Waals surface area contributed by atoms with Crippen molar-refractivity contribution in [3.05, 3.63) is 29.8 Å². The largest absolute Gasteiger partial charge is 0.466 e. The number of carbonyl (C=O) groups excluding carboxylic acids is 2. The van der Waals surface area contributed by atoms with Crippen LogP contribution in [0.25, 0.3) is 0 Å². The average molecular weight is 251 g/mol. The summed E-state index contributed by atoms with van der Waals surface area (Å²) in [5.74, 6) is -1.55. The second-order valence-electron chi connectivity index (χ2n) is 3.99. The summed E-state index contributed by atoms with van der Waals surface area (Å²) in [5, 5.41) is 0. The lowest BCUT2D eigenvalue weighted by Gasteiger charge is -2.15. The Morgan fingerprint density at radius 1 is 1.22 bits per heavy atom. The van der Waals surface area contributed by atoms with Gasteiger partial charge in [-0.1, -0.05) is 12.1 Å². The van der Waals surface area contributed by atoms with Gasteiger partial charge in [-0.2, -0.15) is 0 Å². The zero-order chi connectivity index (χ0) is 13.7. The second kappa shape index (κ2) is 6.05. The van der Waals surface area contributed by atoms with E-state index in [1.54, 1.807) is 31.2 Å². The molecule has 0 aliphatic carbocycles. The van der Waals surface area contributed by atoms with Crippen LogP contribution in [0.4, 0.5) is 5.69 Å². The van der Waals surface area contributed by atoms with Crippen LogP contribution in [0.2, 0.25) is 0 Å².